The second kappa shape index (κ2) is 6.63. The first-order valence-electron chi connectivity index (χ1n) is 9.04. The molecule has 2 aromatic heterocycles. The molecule has 0 bridgehead atoms. The van der Waals surface area contributed by atoms with Crippen LogP contribution >= 0.6 is 0 Å². The zero-order valence-electron chi connectivity index (χ0n) is 14.9. The monoisotopic (exact) mass is 343 g/mol. The quantitative estimate of drug-likeness (QED) is 0.917. The van der Waals surface area contributed by atoms with Crippen molar-refractivity contribution >= 4 is 5.91 Å². The van der Waals surface area contributed by atoms with Crippen molar-refractivity contribution in [2.75, 3.05) is 19.7 Å². The van der Waals surface area contributed by atoms with Crippen LogP contribution in [0.2, 0.25) is 0 Å². The number of amides is 1. The van der Waals surface area contributed by atoms with Crippen LogP contribution in [0.15, 0.2) is 6.07 Å². The van der Waals surface area contributed by atoms with Gasteiger partial charge in [0.2, 0.25) is 5.91 Å². The van der Waals surface area contributed by atoms with Gasteiger partial charge in [0.25, 0.3) is 0 Å². The lowest BCUT2D eigenvalue weighted by atomic mass is 9.98. The Morgan fingerprint density at radius 3 is 3.12 bits per heavy atom. The maximum atomic E-state index is 12.6. The highest BCUT2D eigenvalue weighted by atomic mass is 16.5. The van der Waals surface area contributed by atoms with Crippen molar-refractivity contribution in [1.29, 1.82) is 0 Å². The van der Waals surface area contributed by atoms with E-state index in [4.69, 9.17) is 4.74 Å². The molecule has 1 N–H and O–H groups in total. The number of aromatic amines is 1. The van der Waals surface area contributed by atoms with Crippen molar-refractivity contribution in [2.45, 2.75) is 52.2 Å². The number of nitrogens with zero attached hydrogens (tertiary/aromatic N) is 4. The minimum Gasteiger partial charge on any atom is -0.376 e. The highest BCUT2D eigenvalue weighted by molar-refractivity contribution is 5.76. The molecule has 0 radical (unpaired) electrons. The molecule has 0 spiro atoms. The Labute approximate surface area is 147 Å². The fourth-order valence-corrected chi connectivity index (χ4v) is 3.94. The summed E-state index contributed by atoms with van der Waals surface area (Å²) in [6, 6.07) is 2.04. The lowest BCUT2D eigenvalue weighted by Gasteiger charge is -2.17. The molecular weight excluding hydrogens is 318 g/mol. The minimum absolute atomic E-state index is 0.204. The van der Waals surface area contributed by atoms with Gasteiger partial charge in [-0.25, -0.2) is 0 Å². The van der Waals surface area contributed by atoms with Gasteiger partial charge in [0, 0.05) is 55.3 Å². The molecule has 4 rings (SSSR count). The summed E-state index contributed by atoms with van der Waals surface area (Å²) in [7, 11) is 0. The normalized spacial score (nSPS) is 20.1. The maximum Gasteiger partial charge on any atom is 0.224 e. The molecule has 1 atom stereocenters. The summed E-state index contributed by atoms with van der Waals surface area (Å²) in [4.78, 5) is 14.5. The number of fused-ring (bicyclic) bond motifs is 1. The summed E-state index contributed by atoms with van der Waals surface area (Å²) in [5.74, 6) is 0.523. The first-order chi connectivity index (χ1) is 12.1. The Morgan fingerprint density at radius 1 is 1.44 bits per heavy atom. The van der Waals surface area contributed by atoms with Gasteiger partial charge in [-0.2, -0.15) is 10.2 Å². The van der Waals surface area contributed by atoms with Crippen LogP contribution in [0.5, 0.6) is 0 Å². The van der Waals surface area contributed by atoms with Gasteiger partial charge in [-0.1, -0.05) is 0 Å². The number of nitrogens with one attached hydrogen (secondary N) is 1. The van der Waals surface area contributed by atoms with Gasteiger partial charge in [0.05, 0.1) is 24.6 Å². The van der Waals surface area contributed by atoms with Gasteiger partial charge in [-0.3, -0.25) is 14.6 Å². The molecule has 25 heavy (non-hydrogen) atoms. The summed E-state index contributed by atoms with van der Waals surface area (Å²) in [5.41, 5.74) is 5.62. The van der Waals surface area contributed by atoms with E-state index in [9.17, 15) is 4.79 Å². The molecule has 1 unspecified atom stereocenters. The van der Waals surface area contributed by atoms with E-state index in [0.717, 1.165) is 49.6 Å². The molecule has 0 aromatic carbocycles. The fraction of sp³-hybridized carbons (Fsp3) is 0.611. The van der Waals surface area contributed by atoms with E-state index in [1.54, 1.807) is 0 Å². The second-order valence-corrected chi connectivity index (χ2v) is 7.09. The van der Waals surface area contributed by atoms with Gasteiger partial charge in [-0.05, 0) is 26.3 Å². The highest BCUT2D eigenvalue weighted by Crippen LogP contribution is 2.31. The molecule has 134 valence electrons. The number of likely N-dealkylation sites (tertiary alicyclic amines) is 1. The number of hydrogen-bond donors (Lipinski definition) is 1. The summed E-state index contributed by atoms with van der Waals surface area (Å²) >= 11 is 0. The number of carbonyl (C=O) groups is 1. The largest absolute Gasteiger partial charge is 0.376 e. The molecule has 1 fully saturated rings. The second-order valence-electron chi connectivity index (χ2n) is 7.09. The molecule has 7 heteroatoms. The third-order valence-electron chi connectivity index (χ3n) is 5.30. The number of ether oxygens (including phenoxy) is 1. The van der Waals surface area contributed by atoms with E-state index in [1.807, 2.05) is 29.5 Å². The van der Waals surface area contributed by atoms with Gasteiger partial charge >= 0.3 is 0 Å². The van der Waals surface area contributed by atoms with E-state index >= 15 is 0 Å². The first-order valence-corrected chi connectivity index (χ1v) is 9.04. The number of hydrogen-bond acceptors (Lipinski definition) is 4. The van der Waals surface area contributed by atoms with Crippen molar-refractivity contribution in [2.24, 2.45) is 0 Å². The van der Waals surface area contributed by atoms with Crippen LogP contribution in [0.3, 0.4) is 0 Å². The van der Waals surface area contributed by atoms with Crippen molar-refractivity contribution in [3.63, 3.8) is 0 Å². The zero-order chi connectivity index (χ0) is 17.4. The first kappa shape index (κ1) is 16.3. The van der Waals surface area contributed by atoms with Crippen LogP contribution in [0, 0.1) is 13.8 Å². The van der Waals surface area contributed by atoms with Crippen molar-refractivity contribution in [3.8, 4) is 0 Å². The van der Waals surface area contributed by atoms with Gasteiger partial charge in [-0.15, -0.1) is 0 Å². The van der Waals surface area contributed by atoms with Crippen LogP contribution < -0.4 is 0 Å². The summed E-state index contributed by atoms with van der Waals surface area (Å²) in [6.45, 7) is 7.62. The van der Waals surface area contributed by atoms with Gasteiger partial charge < -0.3 is 9.64 Å². The SMILES string of the molecule is Cc1cc(C)n(CCC(=O)N2CCC(c3n[nH]c4c3COCC4)C2)n1. The van der Waals surface area contributed by atoms with Crippen molar-refractivity contribution in [1.82, 2.24) is 24.9 Å². The molecule has 7 nitrogen and oxygen atoms in total. The van der Waals surface area contributed by atoms with E-state index in [1.165, 1.54) is 11.3 Å². The third kappa shape index (κ3) is 3.20. The molecule has 2 aliphatic heterocycles. The Morgan fingerprint density at radius 2 is 2.32 bits per heavy atom. The van der Waals surface area contributed by atoms with Crippen molar-refractivity contribution in [3.05, 3.63) is 34.4 Å². The molecular formula is C18H25N5O2. The van der Waals surface area contributed by atoms with E-state index < -0.39 is 0 Å². The topological polar surface area (TPSA) is 76.0 Å². The van der Waals surface area contributed by atoms with Crippen LogP contribution in [0.1, 0.15) is 47.1 Å². The number of rotatable bonds is 4. The molecule has 1 amide bonds. The molecule has 0 saturated carbocycles. The number of aryl methyl sites for hydroxylation is 3. The number of aromatic nitrogens is 4. The number of carbonyl (C=O) groups excluding carboxylic acids is 1. The zero-order valence-corrected chi connectivity index (χ0v) is 14.9. The lowest BCUT2D eigenvalue weighted by Crippen LogP contribution is -2.29. The van der Waals surface area contributed by atoms with Gasteiger partial charge in [0.15, 0.2) is 0 Å². The molecule has 0 aliphatic carbocycles. The van der Waals surface area contributed by atoms with Crippen LogP contribution in [0.25, 0.3) is 0 Å². The Bertz CT molecular complexity index is 779. The smallest absolute Gasteiger partial charge is 0.224 e. The summed E-state index contributed by atoms with van der Waals surface area (Å²) in [5, 5.41) is 12.1. The Hall–Kier alpha value is -2.15. The lowest BCUT2D eigenvalue weighted by molar-refractivity contribution is -0.130. The van der Waals surface area contributed by atoms with E-state index in [2.05, 4.69) is 15.3 Å². The standard InChI is InChI=1S/C18H25N5O2/c1-12-9-13(2)23(21-12)7-4-17(24)22-6-3-14(10-22)18-15-11-25-8-5-16(15)19-20-18/h9,14H,3-8,10-11H2,1-2H3,(H,19,20). The molecule has 2 aliphatic rings. The van der Waals surface area contributed by atoms with Crippen LogP contribution in [-0.2, 0) is 29.1 Å². The summed E-state index contributed by atoms with van der Waals surface area (Å²) in [6.07, 6.45) is 2.37. The van der Waals surface area contributed by atoms with Crippen LogP contribution in [0.4, 0.5) is 0 Å². The predicted octanol–water partition coefficient (Wildman–Crippen LogP) is 1.70. The Kier molecular flexibility index (Phi) is 4.33. The van der Waals surface area contributed by atoms with Crippen LogP contribution in [-0.4, -0.2) is 50.5 Å². The number of H-pyrrole nitrogens is 1. The maximum absolute atomic E-state index is 12.6. The predicted molar refractivity (Wildman–Crippen MR) is 92.2 cm³/mol. The Balaban J connectivity index is 1.36. The highest BCUT2D eigenvalue weighted by Gasteiger charge is 2.31. The average Bonchev–Trinajstić information content (AvgIpc) is 3.30. The third-order valence-corrected chi connectivity index (χ3v) is 5.30. The van der Waals surface area contributed by atoms with Gasteiger partial charge in [0.1, 0.15) is 0 Å². The van der Waals surface area contributed by atoms with E-state index in [0.29, 0.717) is 25.5 Å². The molecule has 2 aromatic rings. The average molecular weight is 343 g/mol. The fourth-order valence-electron chi connectivity index (χ4n) is 3.94. The van der Waals surface area contributed by atoms with E-state index in [-0.39, 0.29) is 5.91 Å². The van der Waals surface area contributed by atoms with Crippen molar-refractivity contribution < 1.29 is 9.53 Å². The molecule has 1 saturated heterocycles. The minimum atomic E-state index is 0.204. The summed E-state index contributed by atoms with van der Waals surface area (Å²) < 4.78 is 7.50. The molecule has 4 heterocycles.